The Bertz CT molecular complexity index is 339. The molecule has 1 aromatic carbocycles. The van der Waals surface area contributed by atoms with Crippen molar-refractivity contribution in [2.24, 2.45) is 0 Å². The molecule has 1 rings (SSSR count). The Kier molecular flexibility index (Phi) is 6.38. The second kappa shape index (κ2) is 7.57. The Labute approximate surface area is 109 Å². The van der Waals surface area contributed by atoms with E-state index in [1.807, 2.05) is 0 Å². The first-order valence-corrected chi connectivity index (χ1v) is 6.66. The van der Waals surface area contributed by atoms with Gasteiger partial charge in [-0.1, -0.05) is 26.0 Å². The number of hydrogen-bond donors (Lipinski definition) is 1. The van der Waals surface area contributed by atoms with E-state index in [-0.39, 0.29) is 0 Å². The third-order valence-corrected chi connectivity index (χ3v) is 3.01. The van der Waals surface area contributed by atoms with Crippen LogP contribution in [0.4, 0.5) is 0 Å². The van der Waals surface area contributed by atoms with Crippen LogP contribution in [0.15, 0.2) is 18.2 Å². The second-order valence-electron chi connectivity index (χ2n) is 4.41. The summed E-state index contributed by atoms with van der Waals surface area (Å²) in [5.74, 6) is 2.18. The van der Waals surface area contributed by atoms with E-state index in [9.17, 15) is 0 Å². The molecule has 96 valence electrons. The van der Waals surface area contributed by atoms with Crippen LogP contribution in [0.5, 0.6) is 5.75 Å². The van der Waals surface area contributed by atoms with Crippen molar-refractivity contribution >= 4 is 11.6 Å². The number of ether oxygens (including phenoxy) is 1. The number of rotatable bonds is 7. The molecule has 0 amide bonds. The summed E-state index contributed by atoms with van der Waals surface area (Å²) in [6.45, 7) is 6.17. The lowest BCUT2D eigenvalue weighted by Gasteiger charge is -2.12. The van der Waals surface area contributed by atoms with Gasteiger partial charge in [-0.25, -0.2) is 0 Å². The SMILES string of the molecule is COc1cc(C(C)C)ccc1CCNCCCl. The summed E-state index contributed by atoms with van der Waals surface area (Å²) in [6, 6.07) is 6.49. The van der Waals surface area contributed by atoms with Gasteiger partial charge in [0.05, 0.1) is 7.11 Å². The molecule has 0 bridgehead atoms. The van der Waals surface area contributed by atoms with Gasteiger partial charge in [0.15, 0.2) is 0 Å². The number of benzene rings is 1. The number of alkyl halides is 1. The summed E-state index contributed by atoms with van der Waals surface area (Å²) < 4.78 is 5.44. The highest BCUT2D eigenvalue weighted by molar-refractivity contribution is 6.18. The molecular weight excluding hydrogens is 234 g/mol. The molecule has 0 unspecified atom stereocenters. The molecule has 0 fully saturated rings. The first-order chi connectivity index (χ1) is 8.19. The lowest BCUT2D eigenvalue weighted by molar-refractivity contribution is 0.408. The predicted molar refractivity (Wildman–Crippen MR) is 74.4 cm³/mol. The molecule has 17 heavy (non-hydrogen) atoms. The van der Waals surface area contributed by atoms with Crippen molar-refractivity contribution in [2.75, 3.05) is 26.1 Å². The first kappa shape index (κ1) is 14.3. The van der Waals surface area contributed by atoms with Crippen molar-refractivity contribution in [1.29, 1.82) is 0 Å². The van der Waals surface area contributed by atoms with Crippen molar-refractivity contribution in [3.8, 4) is 5.75 Å². The Morgan fingerprint density at radius 1 is 1.29 bits per heavy atom. The van der Waals surface area contributed by atoms with Crippen LogP contribution in [0.2, 0.25) is 0 Å². The number of hydrogen-bond acceptors (Lipinski definition) is 2. The quantitative estimate of drug-likeness (QED) is 0.597. The minimum atomic E-state index is 0.535. The van der Waals surface area contributed by atoms with E-state index >= 15 is 0 Å². The zero-order chi connectivity index (χ0) is 12.7. The highest BCUT2D eigenvalue weighted by Gasteiger charge is 2.06. The average Bonchev–Trinajstić information content (AvgIpc) is 2.34. The number of halogens is 1. The molecular formula is C14H22ClNO. The zero-order valence-corrected chi connectivity index (χ0v) is 11.7. The third-order valence-electron chi connectivity index (χ3n) is 2.82. The van der Waals surface area contributed by atoms with E-state index in [4.69, 9.17) is 16.3 Å². The molecule has 1 aromatic rings. The molecule has 2 nitrogen and oxygen atoms in total. The van der Waals surface area contributed by atoms with Crippen LogP contribution in [-0.4, -0.2) is 26.1 Å². The Morgan fingerprint density at radius 2 is 2.06 bits per heavy atom. The van der Waals surface area contributed by atoms with Crippen LogP contribution in [-0.2, 0) is 6.42 Å². The van der Waals surface area contributed by atoms with Gasteiger partial charge in [0.25, 0.3) is 0 Å². The molecule has 0 spiro atoms. The van der Waals surface area contributed by atoms with Gasteiger partial charge in [-0.05, 0) is 36.1 Å². The summed E-state index contributed by atoms with van der Waals surface area (Å²) in [6.07, 6.45) is 0.971. The van der Waals surface area contributed by atoms with Crippen molar-refractivity contribution < 1.29 is 4.74 Å². The Morgan fingerprint density at radius 3 is 2.65 bits per heavy atom. The summed E-state index contributed by atoms with van der Waals surface area (Å²) >= 11 is 5.61. The van der Waals surface area contributed by atoms with E-state index in [0.29, 0.717) is 11.8 Å². The van der Waals surface area contributed by atoms with E-state index in [2.05, 4.69) is 37.4 Å². The maximum atomic E-state index is 5.61. The van der Waals surface area contributed by atoms with Crippen LogP contribution in [0.1, 0.15) is 30.9 Å². The van der Waals surface area contributed by atoms with E-state index in [1.165, 1.54) is 11.1 Å². The fraction of sp³-hybridized carbons (Fsp3) is 0.571. The van der Waals surface area contributed by atoms with Gasteiger partial charge in [-0.3, -0.25) is 0 Å². The van der Waals surface area contributed by atoms with Crippen molar-refractivity contribution in [3.63, 3.8) is 0 Å². The molecule has 0 aliphatic rings. The summed E-state index contributed by atoms with van der Waals surface area (Å²) in [4.78, 5) is 0. The average molecular weight is 256 g/mol. The highest BCUT2D eigenvalue weighted by Crippen LogP contribution is 2.24. The molecule has 0 heterocycles. The van der Waals surface area contributed by atoms with Gasteiger partial charge in [-0.15, -0.1) is 11.6 Å². The molecule has 0 aliphatic carbocycles. The van der Waals surface area contributed by atoms with Gasteiger partial charge >= 0.3 is 0 Å². The zero-order valence-electron chi connectivity index (χ0n) is 10.9. The molecule has 0 aromatic heterocycles. The molecule has 1 N–H and O–H groups in total. The van der Waals surface area contributed by atoms with Crippen molar-refractivity contribution in [1.82, 2.24) is 5.32 Å². The molecule has 0 radical (unpaired) electrons. The minimum Gasteiger partial charge on any atom is -0.496 e. The van der Waals surface area contributed by atoms with E-state index in [1.54, 1.807) is 7.11 Å². The van der Waals surface area contributed by atoms with Gasteiger partial charge in [-0.2, -0.15) is 0 Å². The lowest BCUT2D eigenvalue weighted by atomic mass is 10.00. The van der Waals surface area contributed by atoms with Gasteiger partial charge < -0.3 is 10.1 Å². The van der Waals surface area contributed by atoms with Crippen LogP contribution in [0.25, 0.3) is 0 Å². The van der Waals surface area contributed by atoms with Crippen molar-refractivity contribution in [3.05, 3.63) is 29.3 Å². The first-order valence-electron chi connectivity index (χ1n) is 6.12. The minimum absolute atomic E-state index is 0.535. The fourth-order valence-corrected chi connectivity index (χ4v) is 1.88. The van der Waals surface area contributed by atoms with Crippen LogP contribution in [0.3, 0.4) is 0 Å². The van der Waals surface area contributed by atoms with Gasteiger partial charge in [0, 0.05) is 12.4 Å². The molecule has 3 heteroatoms. The largest absolute Gasteiger partial charge is 0.496 e. The number of nitrogens with one attached hydrogen (secondary N) is 1. The molecule has 0 atom stereocenters. The lowest BCUT2D eigenvalue weighted by Crippen LogP contribution is -2.19. The normalized spacial score (nSPS) is 10.9. The maximum absolute atomic E-state index is 5.61. The standard InChI is InChI=1S/C14H22ClNO/c1-11(2)13-5-4-12(14(10-13)17-3)6-8-16-9-7-15/h4-5,10-11,16H,6-9H2,1-3H3. The van der Waals surface area contributed by atoms with Crippen LogP contribution in [0, 0.1) is 0 Å². The molecule has 0 aliphatic heterocycles. The maximum Gasteiger partial charge on any atom is 0.122 e. The smallest absolute Gasteiger partial charge is 0.122 e. The molecule has 0 saturated heterocycles. The summed E-state index contributed by atoms with van der Waals surface area (Å²) in [5.41, 5.74) is 2.57. The van der Waals surface area contributed by atoms with Gasteiger partial charge in [0.2, 0.25) is 0 Å². The van der Waals surface area contributed by atoms with E-state index in [0.717, 1.165) is 25.3 Å². The van der Waals surface area contributed by atoms with E-state index < -0.39 is 0 Å². The highest BCUT2D eigenvalue weighted by atomic mass is 35.5. The Hall–Kier alpha value is -0.730. The topological polar surface area (TPSA) is 21.3 Å². The third kappa shape index (κ3) is 4.57. The number of methoxy groups -OCH3 is 1. The second-order valence-corrected chi connectivity index (χ2v) is 4.79. The molecule has 0 saturated carbocycles. The van der Waals surface area contributed by atoms with Crippen LogP contribution < -0.4 is 10.1 Å². The monoisotopic (exact) mass is 255 g/mol. The van der Waals surface area contributed by atoms with Crippen molar-refractivity contribution in [2.45, 2.75) is 26.2 Å². The van der Waals surface area contributed by atoms with Crippen LogP contribution >= 0.6 is 11.6 Å². The van der Waals surface area contributed by atoms with Gasteiger partial charge in [0.1, 0.15) is 5.75 Å². The Balaban J connectivity index is 2.65. The summed E-state index contributed by atoms with van der Waals surface area (Å²) in [7, 11) is 1.73. The predicted octanol–water partition coefficient (Wildman–Crippen LogP) is 3.19. The summed E-state index contributed by atoms with van der Waals surface area (Å²) in [5, 5.41) is 3.28. The fourth-order valence-electron chi connectivity index (χ4n) is 1.74.